The predicted molar refractivity (Wildman–Crippen MR) is 80.9 cm³/mol. The minimum Gasteiger partial charge on any atom is -0.477 e. The van der Waals surface area contributed by atoms with Crippen molar-refractivity contribution in [3.05, 3.63) is 29.6 Å². The molecule has 0 fully saturated rings. The zero-order valence-electron chi connectivity index (χ0n) is 12.9. The molecule has 1 heterocycles. The van der Waals surface area contributed by atoms with Gasteiger partial charge in [0.1, 0.15) is 12.6 Å². The average molecular weight is 278 g/mol. The van der Waals surface area contributed by atoms with Crippen LogP contribution in [0.15, 0.2) is 18.3 Å². The SMILES string of the molecule is CCCCCCCCCCc1c(C(=O)O)ccc[n+]1C. The van der Waals surface area contributed by atoms with Gasteiger partial charge in [0, 0.05) is 12.5 Å². The van der Waals surface area contributed by atoms with Crippen LogP contribution in [0.1, 0.15) is 74.3 Å². The van der Waals surface area contributed by atoms with Gasteiger partial charge in [0.25, 0.3) is 0 Å². The van der Waals surface area contributed by atoms with Gasteiger partial charge in [-0.15, -0.1) is 0 Å². The Kier molecular flexibility index (Phi) is 7.93. The first kappa shape index (κ1) is 16.7. The van der Waals surface area contributed by atoms with E-state index in [2.05, 4.69) is 6.92 Å². The first-order valence-electron chi connectivity index (χ1n) is 7.87. The summed E-state index contributed by atoms with van der Waals surface area (Å²) >= 11 is 0. The number of aryl methyl sites for hydroxylation is 1. The van der Waals surface area contributed by atoms with Gasteiger partial charge >= 0.3 is 5.97 Å². The number of aromatic nitrogens is 1. The quantitative estimate of drug-likeness (QED) is 0.521. The van der Waals surface area contributed by atoms with E-state index in [1.807, 2.05) is 17.8 Å². The number of aromatic carboxylic acids is 1. The van der Waals surface area contributed by atoms with Gasteiger partial charge < -0.3 is 5.11 Å². The smallest absolute Gasteiger partial charge is 0.342 e. The normalized spacial score (nSPS) is 10.7. The molecule has 0 bridgehead atoms. The van der Waals surface area contributed by atoms with Crippen molar-refractivity contribution in [3.63, 3.8) is 0 Å². The number of unbranched alkanes of at least 4 members (excludes halogenated alkanes) is 7. The summed E-state index contributed by atoms with van der Waals surface area (Å²) < 4.78 is 1.94. The number of hydrogen-bond acceptors (Lipinski definition) is 1. The summed E-state index contributed by atoms with van der Waals surface area (Å²) in [4.78, 5) is 11.2. The summed E-state index contributed by atoms with van der Waals surface area (Å²) in [5.41, 5.74) is 1.38. The van der Waals surface area contributed by atoms with Crippen LogP contribution in [-0.2, 0) is 13.5 Å². The molecule has 0 spiro atoms. The first-order valence-corrected chi connectivity index (χ1v) is 7.87. The Hall–Kier alpha value is -1.38. The number of carboxylic acid groups (broad SMARTS) is 1. The highest BCUT2D eigenvalue weighted by molar-refractivity contribution is 5.88. The van der Waals surface area contributed by atoms with E-state index >= 15 is 0 Å². The number of rotatable bonds is 10. The molecule has 0 aromatic carbocycles. The minimum absolute atomic E-state index is 0.443. The molecule has 0 radical (unpaired) electrons. The van der Waals surface area contributed by atoms with Crippen molar-refractivity contribution >= 4 is 5.97 Å². The van der Waals surface area contributed by atoms with Crippen molar-refractivity contribution in [2.45, 2.75) is 64.7 Å². The lowest BCUT2D eigenvalue weighted by atomic mass is 10.0. The van der Waals surface area contributed by atoms with Crippen LogP contribution < -0.4 is 4.57 Å². The molecule has 3 nitrogen and oxygen atoms in total. The van der Waals surface area contributed by atoms with Crippen molar-refractivity contribution in [1.29, 1.82) is 0 Å². The summed E-state index contributed by atoms with van der Waals surface area (Å²) in [6, 6.07) is 3.49. The lowest BCUT2D eigenvalue weighted by Crippen LogP contribution is -2.35. The molecule has 112 valence electrons. The van der Waals surface area contributed by atoms with Crippen LogP contribution in [0.3, 0.4) is 0 Å². The number of nitrogens with zero attached hydrogens (tertiary/aromatic N) is 1. The summed E-state index contributed by atoms with van der Waals surface area (Å²) in [6.45, 7) is 2.24. The summed E-state index contributed by atoms with van der Waals surface area (Å²) in [7, 11) is 1.92. The van der Waals surface area contributed by atoms with E-state index in [4.69, 9.17) is 0 Å². The third kappa shape index (κ3) is 5.72. The first-order chi connectivity index (χ1) is 9.66. The second kappa shape index (κ2) is 9.51. The molecular weight excluding hydrogens is 250 g/mol. The van der Waals surface area contributed by atoms with Crippen molar-refractivity contribution in [2.75, 3.05) is 0 Å². The fourth-order valence-electron chi connectivity index (χ4n) is 2.58. The molecule has 0 unspecified atom stereocenters. The molecule has 1 N–H and O–H groups in total. The number of pyridine rings is 1. The second-order valence-corrected chi connectivity index (χ2v) is 5.51. The molecule has 20 heavy (non-hydrogen) atoms. The molecule has 0 amide bonds. The van der Waals surface area contributed by atoms with E-state index in [-0.39, 0.29) is 0 Å². The standard InChI is InChI=1S/C17H27NO2/c1-3-4-5-6-7-8-9-10-13-16-15(17(19)20)12-11-14-18(16)2/h11-12,14H,3-10,13H2,1-2H3/p+1. The van der Waals surface area contributed by atoms with E-state index < -0.39 is 5.97 Å². The molecule has 0 saturated heterocycles. The Labute approximate surface area is 122 Å². The lowest BCUT2D eigenvalue weighted by Gasteiger charge is -2.04. The van der Waals surface area contributed by atoms with Crippen molar-refractivity contribution in [3.8, 4) is 0 Å². The van der Waals surface area contributed by atoms with E-state index in [9.17, 15) is 9.90 Å². The van der Waals surface area contributed by atoms with Crippen LogP contribution >= 0.6 is 0 Å². The molecule has 0 atom stereocenters. The number of carboxylic acids is 1. The van der Waals surface area contributed by atoms with Gasteiger partial charge in [-0.3, -0.25) is 0 Å². The summed E-state index contributed by atoms with van der Waals surface area (Å²) in [6.07, 6.45) is 13.0. The number of carbonyl (C=O) groups is 1. The van der Waals surface area contributed by atoms with Crippen LogP contribution in [0.4, 0.5) is 0 Å². The van der Waals surface area contributed by atoms with E-state index in [1.165, 1.54) is 44.9 Å². The summed E-state index contributed by atoms with van der Waals surface area (Å²) in [5.74, 6) is -0.823. The van der Waals surface area contributed by atoms with Gasteiger partial charge in [0.2, 0.25) is 0 Å². The third-order valence-electron chi connectivity index (χ3n) is 3.81. The zero-order chi connectivity index (χ0) is 14.8. The highest BCUT2D eigenvalue weighted by atomic mass is 16.4. The zero-order valence-corrected chi connectivity index (χ0v) is 12.9. The van der Waals surface area contributed by atoms with Gasteiger partial charge in [0.05, 0.1) is 0 Å². The van der Waals surface area contributed by atoms with Crippen LogP contribution in [0.25, 0.3) is 0 Å². The molecule has 0 aliphatic carbocycles. The van der Waals surface area contributed by atoms with Crippen molar-refractivity contribution < 1.29 is 14.5 Å². The lowest BCUT2D eigenvalue weighted by molar-refractivity contribution is -0.679. The van der Waals surface area contributed by atoms with Gasteiger partial charge in [-0.2, -0.15) is 0 Å². The largest absolute Gasteiger partial charge is 0.477 e. The predicted octanol–water partition coefficient (Wildman–Crippen LogP) is 3.89. The molecule has 3 heteroatoms. The van der Waals surface area contributed by atoms with E-state index in [1.54, 1.807) is 12.1 Å². The second-order valence-electron chi connectivity index (χ2n) is 5.51. The summed E-state index contributed by atoms with van der Waals surface area (Å²) in [5, 5.41) is 9.20. The van der Waals surface area contributed by atoms with E-state index in [0.717, 1.165) is 18.5 Å². The Morgan fingerprint density at radius 1 is 1.10 bits per heavy atom. The van der Waals surface area contributed by atoms with Gasteiger partial charge in [-0.05, 0) is 12.5 Å². The molecule has 0 aliphatic rings. The topological polar surface area (TPSA) is 41.2 Å². The van der Waals surface area contributed by atoms with Crippen LogP contribution in [0, 0.1) is 0 Å². The molecule has 1 rings (SSSR count). The highest BCUT2D eigenvalue weighted by Crippen LogP contribution is 2.12. The maximum Gasteiger partial charge on any atom is 0.342 e. The Morgan fingerprint density at radius 3 is 2.30 bits per heavy atom. The number of hydrogen-bond donors (Lipinski definition) is 1. The maximum atomic E-state index is 11.2. The van der Waals surface area contributed by atoms with Crippen molar-refractivity contribution in [2.24, 2.45) is 7.05 Å². The van der Waals surface area contributed by atoms with E-state index in [0.29, 0.717) is 5.56 Å². The molecule has 1 aromatic heterocycles. The molecular formula is C17H28NO2+. The Bertz CT molecular complexity index is 415. The highest BCUT2D eigenvalue weighted by Gasteiger charge is 2.17. The average Bonchev–Trinajstić information content (AvgIpc) is 2.43. The van der Waals surface area contributed by atoms with Gasteiger partial charge in [-0.1, -0.05) is 51.9 Å². The van der Waals surface area contributed by atoms with Crippen LogP contribution in [-0.4, -0.2) is 11.1 Å². The maximum absolute atomic E-state index is 11.2. The third-order valence-corrected chi connectivity index (χ3v) is 3.81. The monoisotopic (exact) mass is 278 g/mol. The Morgan fingerprint density at radius 2 is 1.70 bits per heavy atom. The van der Waals surface area contributed by atoms with Gasteiger partial charge in [0.15, 0.2) is 11.9 Å². The van der Waals surface area contributed by atoms with Crippen LogP contribution in [0.5, 0.6) is 0 Å². The van der Waals surface area contributed by atoms with Crippen molar-refractivity contribution in [1.82, 2.24) is 0 Å². The fourth-order valence-corrected chi connectivity index (χ4v) is 2.58. The van der Waals surface area contributed by atoms with Crippen LogP contribution in [0.2, 0.25) is 0 Å². The van der Waals surface area contributed by atoms with Gasteiger partial charge in [-0.25, -0.2) is 9.36 Å². The molecule has 1 aromatic rings. The fraction of sp³-hybridized carbons (Fsp3) is 0.647. The minimum atomic E-state index is -0.823. The molecule has 0 aliphatic heterocycles. The molecule has 0 saturated carbocycles. The Balaban J connectivity index is 2.30.